The van der Waals surface area contributed by atoms with Gasteiger partial charge < -0.3 is 24.5 Å². The van der Waals surface area contributed by atoms with Crippen LogP contribution in [0.3, 0.4) is 0 Å². The summed E-state index contributed by atoms with van der Waals surface area (Å²) in [4.78, 5) is 34.1. The molecule has 5 rings (SSSR count). The summed E-state index contributed by atoms with van der Waals surface area (Å²) >= 11 is 0. The van der Waals surface area contributed by atoms with Gasteiger partial charge in [-0.3, -0.25) is 9.59 Å². The zero-order valence-electron chi connectivity index (χ0n) is 26.5. The second-order valence-corrected chi connectivity index (χ2v) is 11.7. The number of aryl methyl sites for hydroxylation is 2. The zero-order chi connectivity index (χ0) is 33.9. The summed E-state index contributed by atoms with van der Waals surface area (Å²) in [6.45, 7) is 12.6. The molecule has 3 aromatic carbocycles. The summed E-state index contributed by atoms with van der Waals surface area (Å²) in [6, 6.07) is 19.9. The minimum Gasteiger partial charge on any atom is -0.457 e. The molecular weight excluding hydrogens is 607 g/mol. The van der Waals surface area contributed by atoms with Crippen LogP contribution in [0, 0.1) is 20.4 Å². The number of ether oxygens (including phenoxy) is 1. The minimum atomic E-state index is -4.89. The number of pyridine rings is 1. The first-order valence-corrected chi connectivity index (χ1v) is 15.0. The van der Waals surface area contributed by atoms with Gasteiger partial charge in [0.2, 0.25) is 0 Å². The summed E-state index contributed by atoms with van der Waals surface area (Å²) in [5.41, 5.74) is 0.968. The molecule has 0 atom stereocenters. The highest BCUT2D eigenvalue weighted by Crippen LogP contribution is 2.38. The van der Waals surface area contributed by atoms with Gasteiger partial charge in [-0.15, -0.1) is 0 Å². The third-order valence-electron chi connectivity index (χ3n) is 7.81. The van der Waals surface area contributed by atoms with Gasteiger partial charge in [0.05, 0.1) is 18.7 Å². The van der Waals surface area contributed by atoms with Gasteiger partial charge in [-0.2, -0.15) is 13.2 Å². The first kappa shape index (κ1) is 33.0. The number of amides is 1. The molecule has 2 N–H and O–H groups in total. The average Bonchev–Trinajstić information content (AvgIpc) is 3.45. The maximum Gasteiger partial charge on any atom is 0.407 e. The zero-order valence-corrected chi connectivity index (χ0v) is 26.5. The van der Waals surface area contributed by atoms with Gasteiger partial charge in [-0.25, -0.2) is 4.85 Å². The molecule has 5 aromatic rings. The Morgan fingerprint density at radius 1 is 1.00 bits per heavy atom. The number of nitrogens with one attached hydrogen (secondary N) is 2. The molecule has 0 unspecified atom stereocenters. The summed E-state index contributed by atoms with van der Waals surface area (Å²) in [7, 11) is 3.95. The Bertz CT molecular complexity index is 2040. The lowest BCUT2D eigenvalue weighted by molar-refractivity contribution is -0.136. The third-order valence-corrected chi connectivity index (χ3v) is 7.81. The Morgan fingerprint density at radius 3 is 2.38 bits per heavy atom. The van der Waals surface area contributed by atoms with Crippen molar-refractivity contribution in [2.24, 2.45) is 0 Å². The summed E-state index contributed by atoms with van der Waals surface area (Å²) in [5.74, 6) is 0.710. The molecule has 8 nitrogen and oxygen atoms in total. The minimum absolute atomic E-state index is 0.00797. The van der Waals surface area contributed by atoms with Crippen molar-refractivity contribution in [3.63, 3.8) is 0 Å². The molecule has 1 amide bonds. The number of aromatic amines is 1. The van der Waals surface area contributed by atoms with Gasteiger partial charge in [-0.05, 0) is 112 Å². The van der Waals surface area contributed by atoms with Crippen LogP contribution in [-0.4, -0.2) is 47.5 Å². The highest BCUT2D eigenvalue weighted by atomic mass is 19.4. The summed E-state index contributed by atoms with van der Waals surface area (Å²) in [5, 5.41) is 3.68. The highest BCUT2D eigenvalue weighted by molar-refractivity contribution is 5.98. The summed E-state index contributed by atoms with van der Waals surface area (Å²) < 4.78 is 49.2. The number of halogens is 3. The standard InChI is InChI=1S/C36H34F3N5O3/c1-22-7-8-25(23(2)17-22)21-44-32(20-29(36(37,38)39)33(40-3)35(44)46)24-9-11-27(12-10-24)47-28-13-14-30-26(18-28)19-31(42-30)34(45)41-15-6-16-43(4)5/h7-14,17-20,42H,6,15-16,21H2,1-2,4-5H3,(H,41,45). The van der Waals surface area contributed by atoms with Crippen molar-refractivity contribution in [1.82, 2.24) is 19.8 Å². The van der Waals surface area contributed by atoms with Crippen LogP contribution in [-0.2, 0) is 12.7 Å². The number of benzene rings is 3. The van der Waals surface area contributed by atoms with E-state index in [4.69, 9.17) is 11.3 Å². The second kappa shape index (κ2) is 13.6. The van der Waals surface area contributed by atoms with E-state index in [2.05, 4.69) is 15.1 Å². The van der Waals surface area contributed by atoms with Crippen molar-refractivity contribution in [3.8, 4) is 22.8 Å². The Balaban J connectivity index is 1.42. The van der Waals surface area contributed by atoms with E-state index in [9.17, 15) is 22.8 Å². The molecule has 0 aliphatic heterocycles. The Hall–Kier alpha value is -5.34. The molecule has 47 heavy (non-hydrogen) atoms. The lowest BCUT2D eigenvalue weighted by Gasteiger charge is -2.19. The predicted octanol–water partition coefficient (Wildman–Crippen LogP) is 7.71. The van der Waals surface area contributed by atoms with Crippen LogP contribution in [0.15, 0.2) is 77.6 Å². The number of H-pyrrole nitrogens is 1. The number of hydrogen-bond donors (Lipinski definition) is 2. The topological polar surface area (TPSA) is 83.7 Å². The number of carbonyl (C=O) groups is 1. The van der Waals surface area contributed by atoms with Crippen LogP contribution in [0.5, 0.6) is 11.5 Å². The van der Waals surface area contributed by atoms with E-state index >= 15 is 0 Å². The Morgan fingerprint density at radius 2 is 1.72 bits per heavy atom. The van der Waals surface area contributed by atoms with E-state index in [1.807, 2.05) is 51.0 Å². The molecule has 0 saturated carbocycles. The number of aromatic nitrogens is 2. The fraction of sp³-hybridized carbons (Fsp3) is 0.250. The highest BCUT2D eigenvalue weighted by Gasteiger charge is 2.36. The van der Waals surface area contributed by atoms with E-state index in [-0.39, 0.29) is 18.1 Å². The second-order valence-electron chi connectivity index (χ2n) is 11.7. The van der Waals surface area contributed by atoms with E-state index < -0.39 is 23.0 Å². The maximum atomic E-state index is 14.0. The molecule has 2 aromatic heterocycles. The van der Waals surface area contributed by atoms with Gasteiger partial charge in [0, 0.05) is 23.1 Å². The van der Waals surface area contributed by atoms with E-state index in [0.29, 0.717) is 29.3 Å². The lowest BCUT2D eigenvalue weighted by atomic mass is 10.0. The SMILES string of the molecule is [C-]#[N+]c1c(C(F)(F)F)cc(-c2ccc(Oc3ccc4[nH]c(C(=O)NCCCN(C)C)cc4c3)cc2)n(Cc2ccc(C)cc2C)c1=O. The van der Waals surface area contributed by atoms with Crippen LogP contribution in [0.2, 0.25) is 0 Å². The van der Waals surface area contributed by atoms with E-state index in [1.54, 1.807) is 48.5 Å². The fourth-order valence-electron chi connectivity index (χ4n) is 5.37. The van der Waals surface area contributed by atoms with Crippen LogP contribution >= 0.6 is 0 Å². The predicted molar refractivity (Wildman–Crippen MR) is 176 cm³/mol. The van der Waals surface area contributed by atoms with Gasteiger partial charge in [0.1, 0.15) is 17.2 Å². The molecule has 242 valence electrons. The van der Waals surface area contributed by atoms with Gasteiger partial charge >= 0.3 is 6.18 Å². The van der Waals surface area contributed by atoms with Crippen molar-refractivity contribution in [1.29, 1.82) is 0 Å². The van der Waals surface area contributed by atoms with Crippen LogP contribution in [0.4, 0.5) is 18.9 Å². The average molecular weight is 642 g/mol. The van der Waals surface area contributed by atoms with Crippen molar-refractivity contribution in [2.75, 3.05) is 27.2 Å². The molecule has 0 saturated heterocycles. The Labute approximate surface area is 270 Å². The monoisotopic (exact) mass is 641 g/mol. The molecule has 0 fully saturated rings. The summed E-state index contributed by atoms with van der Waals surface area (Å²) in [6.07, 6.45) is -4.06. The fourth-order valence-corrected chi connectivity index (χ4v) is 5.37. The molecule has 0 radical (unpaired) electrons. The molecule has 0 bridgehead atoms. The molecule has 11 heteroatoms. The largest absolute Gasteiger partial charge is 0.457 e. The third kappa shape index (κ3) is 7.56. The quantitative estimate of drug-likeness (QED) is 0.121. The van der Waals surface area contributed by atoms with Crippen molar-refractivity contribution in [2.45, 2.75) is 33.0 Å². The number of alkyl halides is 3. The smallest absolute Gasteiger partial charge is 0.407 e. The molecule has 0 aliphatic rings. The molecular formula is C36H34F3N5O3. The van der Waals surface area contributed by atoms with E-state index in [0.717, 1.165) is 46.6 Å². The molecule has 0 aliphatic carbocycles. The van der Waals surface area contributed by atoms with Gasteiger partial charge in [0.15, 0.2) is 0 Å². The van der Waals surface area contributed by atoms with Crippen LogP contribution in [0.25, 0.3) is 27.0 Å². The van der Waals surface area contributed by atoms with E-state index in [1.165, 1.54) is 4.57 Å². The Kier molecular flexibility index (Phi) is 9.54. The van der Waals surface area contributed by atoms with Gasteiger partial charge in [0.25, 0.3) is 17.2 Å². The number of hydrogen-bond acceptors (Lipinski definition) is 4. The van der Waals surface area contributed by atoms with Gasteiger partial charge in [-0.1, -0.05) is 23.8 Å². The number of rotatable bonds is 10. The normalized spacial score (nSPS) is 11.6. The first-order valence-electron chi connectivity index (χ1n) is 15.0. The molecule has 2 heterocycles. The van der Waals surface area contributed by atoms with Crippen molar-refractivity contribution in [3.05, 3.63) is 123 Å². The van der Waals surface area contributed by atoms with Crippen LogP contribution in [0.1, 0.15) is 39.2 Å². The number of nitrogens with zero attached hydrogens (tertiary/aromatic N) is 3. The molecule has 0 spiro atoms. The van der Waals surface area contributed by atoms with Crippen molar-refractivity contribution < 1.29 is 22.7 Å². The van der Waals surface area contributed by atoms with Crippen LogP contribution < -0.4 is 15.6 Å². The lowest BCUT2D eigenvalue weighted by Crippen LogP contribution is -2.27. The first-order chi connectivity index (χ1) is 22.3. The number of carbonyl (C=O) groups excluding carboxylic acids is 1. The maximum absolute atomic E-state index is 14.0. The number of fused-ring (bicyclic) bond motifs is 1. The van der Waals surface area contributed by atoms with Crippen molar-refractivity contribution >= 4 is 22.5 Å².